The monoisotopic (exact) mass is 527 g/mol. The van der Waals surface area contributed by atoms with Gasteiger partial charge in [0.05, 0.1) is 23.5 Å². The van der Waals surface area contributed by atoms with Gasteiger partial charge in [0.1, 0.15) is 5.82 Å². The van der Waals surface area contributed by atoms with Crippen molar-refractivity contribution >= 4 is 28.9 Å². The van der Waals surface area contributed by atoms with Crippen LogP contribution in [0.15, 0.2) is 79.0 Å². The molecule has 2 N–H and O–H groups in total. The van der Waals surface area contributed by atoms with E-state index in [2.05, 4.69) is 76.2 Å². The van der Waals surface area contributed by atoms with Crippen LogP contribution in [-0.4, -0.2) is 32.0 Å². The van der Waals surface area contributed by atoms with Crippen molar-refractivity contribution in [1.29, 1.82) is 0 Å². The Hall–Kier alpha value is -4.04. The maximum absolute atomic E-state index is 14.1. The summed E-state index contributed by atoms with van der Waals surface area (Å²) in [5, 5.41) is 6.68. The number of benzene rings is 2. The summed E-state index contributed by atoms with van der Waals surface area (Å²) in [6.07, 6.45) is 1.93. The molecule has 1 aliphatic rings. The summed E-state index contributed by atoms with van der Waals surface area (Å²) in [5.41, 5.74) is 6.66. The summed E-state index contributed by atoms with van der Waals surface area (Å²) >= 11 is 5.78. The zero-order valence-corrected chi connectivity index (χ0v) is 22.4. The van der Waals surface area contributed by atoms with Crippen molar-refractivity contribution in [2.75, 3.05) is 11.9 Å². The molecular weight excluding hydrogens is 497 g/mol. The molecule has 0 saturated carbocycles. The fourth-order valence-corrected chi connectivity index (χ4v) is 5.49. The molecular formula is C30H30FN5OS. The second kappa shape index (κ2) is 10.8. The summed E-state index contributed by atoms with van der Waals surface area (Å²) in [6.45, 7) is 6.66. The molecule has 1 aliphatic heterocycles. The van der Waals surface area contributed by atoms with E-state index in [-0.39, 0.29) is 30.1 Å². The molecule has 0 radical (unpaired) electrons. The molecule has 4 aromatic rings. The Morgan fingerprint density at radius 3 is 2.50 bits per heavy atom. The van der Waals surface area contributed by atoms with Crippen molar-refractivity contribution < 1.29 is 9.18 Å². The van der Waals surface area contributed by atoms with E-state index in [1.165, 1.54) is 11.6 Å². The lowest BCUT2D eigenvalue weighted by molar-refractivity contribution is -0.116. The van der Waals surface area contributed by atoms with E-state index in [1.54, 1.807) is 24.4 Å². The second-order valence-electron chi connectivity index (χ2n) is 9.60. The highest BCUT2D eigenvalue weighted by Crippen LogP contribution is 2.41. The number of aryl methyl sites for hydroxylation is 2. The number of anilines is 1. The Labute approximate surface area is 227 Å². The number of carbonyl (C=O) groups excluding carboxylic acids is 1. The minimum absolute atomic E-state index is 0.151. The predicted molar refractivity (Wildman–Crippen MR) is 152 cm³/mol. The van der Waals surface area contributed by atoms with Gasteiger partial charge < -0.3 is 20.1 Å². The molecule has 0 aliphatic carbocycles. The molecule has 194 valence electrons. The number of halogens is 1. The highest BCUT2D eigenvalue weighted by molar-refractivity contribution is 7.80. The second-order valence-corrected chi connectivity index (χ2v) is 9.98. The molecule has 38 heavy (non-hydrogen) atoms. The number of pyridine rings is 1. The van der Waals surface area contributed by atoms with Gasteiger partial charge in [0.15, 0.2) is 5.11 Å². The van der Waals surface area contributed by atoms with Crippen molar-refractivity contribution in [2.45, 2.75) is 39.3 Å². The third-order valence-electron chi connectivity index (χ3n) is 7.01. The standard InChI is InChI=1S/C30H30FN5OS/c1-19-11-13-22(14-12-19)36-20(2)18-23(21(36)3)29-28(26-10-6-7-16-32-26)34-30(38)35(29)17-15-27(37)33-25-9-5-4-8-24(25)31/h4-14,16,18,28-29H,15,17H2,1-3H3,(H,33,37)(H,34,38)/t28-,29+/m1/s1. The quantitative estimate of drug-likeness (QED) is 0.292. The van der Waals surface area contributed by atoms with Crippen molar-refractivity contribution in [1.82, 2.24) is 19.8 Å². The van der Waals surface area contributed by atoms with Gasteiger partial charge in [-0.2, -0.15) is 0 Å². The van der Waals surface area contributed by atoms with Crippen LogP contribution in [0.3, 0.4) is 0 Å². The first-order valence-corrected chi connectivity index (χ1v) is 13.0. The minimum atomic E-state index is -0.462. The third-order valence-corrected chi connectivity index (χ3v) is 7.36. The van der Waals surface area contributed by atoms with Gasteiger partial charge in [-0.25, -0.2) is 4.39 Å². The zero-order valence-electron chi connectivity index (χ0n) is 21.6. The van der Waals surface area contributed by atoms with Gasteiger partial charge in [-0.1, -0.05) is 35.9 Å². The van der Waals surface area contributed by atoms with Gasteiger partial charge in [-0.15, -0.1) is 0 Å². The van der Waals surface area contributed by atoms with Crippen LogP contribution >= 0.6 is 12.2 Å². The lowest BCUT2D eigenvalue weighted by atomic mass is 9.96. The summed E-state index contributed by atoms with van der Waals surface area (Å²) in [6, 6.07) is 22.3. The smallest absolute Gasteiger partial charge is 0.226 e. The maximum atomic E-state index is 14.1. The van der Waals surface area contributed by atoms with E-state index in [1.807, 2.05) is 18.2 Å². The molecule has 2 aromatic heterocycles. The highest BCUT2D eigenvalue weighted by atomic mass is 32.1. The van der Waals surface area contributed by atoms with Gasteiger partial charge >= 0.3 is 0 Å². The molecule has 3 heterocycles. The van der Waals surface area contributed by atoms with Gasteiger partial charge in [-0.05, 0) is 81.0 Å². The lowest BCUT2D eigenvalue weighted by Gasteiger charge is -2.28. The van der Waals surface area contributed by atoms with Crippen LogP contribution in [-0.2, 0) is 4.79 Å². The van der Waals surface area contributed by atoms with Crippen molar-refractivity contribution in [3.63, 3.8) is 0 Å². The van der Waals surface area contributed by atoms with Crippen molar-refractivity contribution in [3.8, 4) is 5.69 Å². The number of amides is 1. The first kappa shape index (κ1) is 25.6. The van der Waals surface area contributed by atoms with Crippen molar-refractivity contribution in [3.05, 3.63) is 113 Å². The fourth-order valence-electron chi connectivity index (χ4n) is 5.16. The van der Waals surface area contributed by atoms with Crippen LogP contribution in [0.2, 0.25) is 0 Å². The lowest BCUT2D eigenvalue weighted by Crippen LogP contribution is -2.33. The number of hydrogen-bond donors (Lipinski definition) is 2. The number of hydrogen-bond acceptors (Lipinski definition) is 3. The zero-order chi connectivity index (χ0) is 26.8. The number of nitrogens with zero attached hydrogens (tertiary/aromatic N) is 3. The average molecular weight is 528 g/mol. The molecule has 8 heteroatoms. The third kappa shape index (κ3) is 5.04. The Morgan fingerprint density at radius 2 is 1.79 bits per heavy atom. The summed E-state index contributed by atoms with van der Waals surface area (Å²) in [5.74, 6) is -0.737. The van der Waals surface area contributed by atoms with E-state index >= 15 is 0 Å². The topological polar surface area (TPSA) is 62.2 Å². The molecule has 0 bridgehead atoms. The largest absolute Gasteiger partial charge is 0.352 e. The normalized spacial score (nSPS) is 16.9. The highest BCUT2D eigenvalue weighted by Gasteiger charge is 2.41. The molecule has 2 aromatic carbocycles. The van der Waals surface area contributed by atoms with Crippen LogP contribution in [0.4, 0.5) is 10.1 Å². The van der Waals surface area contributed by atoms with Gasteiger partial charge in [0.25, 0.3) is 0 Å². The van der Waals surface area contributed by atoms with E-state index in [4.69, 9.17) is 12.2 Å². The van der Waals surface area contributed by atoms with E-state index in [9.17, 15) is 9.18 Å². The van der Waals surface area contributed by atoms with Crippen LogP contribution in [0.5, 0.6) is 0 Å². The number of nitrogens with one attached hydrogen (secondary N) is 2. The molecule has 0 spiro atoms. The van der Waals surface area contributed by atoms with Crippen molar-refractivity contribution in [2.24, 2.45) is 0 Å². The summed E-state index contributed by atoms with van der Waals surface area (Å²) in [7, 11) is 0. The number of thiocarbonyl (C=S) groups is 1. The Morgan fingerprint density at radius 1 is 1.05 bits per heavy atom. The molecule has 1 amide bonds. The van der Waals surface area contributed by atoms with Crippen LogP contribution in [0.1, 0.15) is 46.7 Å². The van der Waals surface area contributed by atoms with Crippen LogP contribution in [0, 0.1) is 26.6 Å². The minimum Gasteiger partial charge on any atom is -0.352 e. The number of rotatable bonds is 7. The predicted octanol–water partition coefficient (Wildman–Crippen LogP) is 5.94. The van der Waals surface area contributed by atoms with E-state index < -0.39 is 5.82 Å². The number of aromatic nitrogens is 2. The maximum Gasteiger partial charge on any atom is 0.226 e. The molecule has 6 nitrogen and oxygen atoms in total. The average Bonchev–Trinajstić information content (AvgIpc) is 3.39. The van der Waals surface area contributed by atoms with Crippen LogP contribution < -0.4 is 10.6 Å². The van der Waals surface area contributed by atoms with Gasteiger partial charge in [0, 0.05) is 36.2 Å². The first-order valence-electron chi connectivity index (χ1n) is 12.6. The molecule has 5 rings (SSSR count). The summed E-state index contributed by atoms with van der Waals surface area (Å²) in [4.78, 5) is 19.4. The Bertz CT molecular complexity index is 1470. The Balaban J connectivity index is 1.47. The van der Waals surface area contributed by atoms with Gasteiger partial charge in [0.2, 0.25) is 5.91 Å². The molecule has 1 saturated heterocycles. The fraction of sp³-hybridized carbons (Fsp3) is 0.233. The molecule has 0 unspecified atom stereocenters. The van der Waals surface area contributed by atoms with Gasteiger partial charge in [-0.3, -0.25) is 9.78 Å². The van der Waals surface area contributed by atoms with E-state index in [0.29, 0.717) is 11.7 Å². The van der Waals surface area contributed by atoms with E-state index in [0.717, 1.165) is 28.3 Å². The SMILES string of the molecule is Cc1ccc(-n2c(C)cc([C@H]3[C@@H](c4ccccn4)NC(=S)N3CCC(=O)Nc3ccccc3F)c2C)cc1. The number of para-hydroxylation sites is 1. The molecule has 1 fully saturated rings. The van der Waals surface area contributed by atoms with Crippen LogP contribution in [0.25, 0.3) is 5.69 Å². The summed E-state index contributed by atoms with van der Waals surface area (Å²) < 4.78 is 16.3. The first-order chi connectivity index (χ1) is 18.3. The Kier molecular flexibility index (Phi) is 7.24. The number of carbonyl (C=O) groups is 1. The molecule has 2 atom stereocenters.